The van der Waals surface area contributed by atoms with Crippen molar-refractivity contribution < 1.29 is 32.0 Å². The van der Waals surface area contributed by atoms with E-state index in [-0.39, 0.29) is 34.3 Å². The number of phenols is 2. The van der Waals surface area contributed by atoms with E-state index in [1.807, 2.05) is 37.3 Å². The Labute approximate surface area is 150 Å². The van der Waals surface area contributed by atoms with Gasteiger partial charge in [0.15, 0.2) is 5.75 Å². The van der Waals surface area contributed by atoms with Gasteiger partial charge in [-0.3, -0.25) is 0 Å². The predicted molar refractivity (Wildman–Crippen MR) is 89.2 cm³/mol. The summed E-state index contributed by atoms with van der Waals surface area (Å²) < 4.78 is 5.10. The van der Waals surface area contributed by atoms with Gasteiger partial charge >= 0.3 is 0 Å². The molecule has 0 atom stereocenters. The molecule has 0 aliphatic carbocycles. The molecule has 3 rings (SSSR count). The van der Waals surface area contributed by atoms with E-state index in [1.54, 1.807) is 12.1 Å². The molecule has 0 fully saturated rings. The van der Waals surface area contributed by atoms with Gasteiger partial charge < -0.3 is 14.9 Å². The van der Waals surface area contributed by atoms with Crippen LogP contribution in [0, 0.1) is 6.92 Å². The molecule has 6 heteroatoms. The monoisotopic (exact) mass is 371 g/mol. The molecule has 0 unspecified atom stereocenters. The first-order valence-electron chi connectivity index (χ1n) is 7.10. The molecule has 0 amide bonds. The van der Waals surface area contributed by atoms with Gasteiger partial charge in [0.1, 0.15) is 22.9 Å². The molecule has 0 saturated carbocycles. The molecule has 5 nitrogen and oxygen atoms in total. The fourth-order valence-corrected chi connectivity index (χ4v) is 2.39. The van der Waals surface area contributed by atoms with Gasteiger partial charge in [0.2, 0.25) is 0 Å². The average molecular weight is 372 g/mol. The summed E-state index contributed by atoms with van der Waals surface area (Å²) in [6.07, 6.45) is 0. The minimum absolute atomic E-state index is 0. The van der Waals surface area contributed by atoms with Gasteiger partial charge in [-0.25, -0.2) is 0 Å². The fraction of sp³-hybridized carbons (Fsp3) is 0.111. The molecule has 0 saturated heterocycles. The second-order valence-corrected chi connectivity index (χ2v) is 5.17. The zero-order valence-electron chi connectivity index (χ0n) is 13.1. The zero-order chi connectivity index (χ0) is 16.4. The van der Waals surface area contributed by atoms with Crippen molar-refractivity contribution in [3.8, 4) is 17.2 Å². The van der Waals surface area contributed by atoms with Crippen LogP contribution >= 0.6 is 0 Å². The summed E-state index contributed by atoms with van der Waals surface area (Å²) in [6, 6.07) is 14.2. The fourth-order valence-electron chi connectivity index (χ4n) is 2.39. The molecule has 127 valence electrons. The first-order chi connectivity index (χ1) is 11.1. The van der Waals surface area contributed by atoms with Gasteiger partial charge in [0, 0.05) is 28.5 Å². The second kappa shape index (κ2) is 7.34. The zero-order valence-corrected chi connectivity index (χ0v) is 14.1. The third kappa shape index (κ3) is 3.35. The largest absolute Gasteiger partial charge is 0.506 e. The van der Waals surface area contributed by atoms with E-state index in [0.29, 0.717) is 16.8 Å². The molecule has 0 aliphatic rings. The molecule has 0 bridgehead atoms. The van der Waals surface area contributed by atoms with Crippen LogP contribution in [0.3, 0.4) is 0 Å². The van der Waals surface area contributed by atoms with Gasteiger partial charge in [-0.05, 0) is 36.1 Å². The van der Waals surface area contributed by atoms with E-state index < -0.39 is 0 Å². The van der Waals surface area contributed by atoms with Crippen LogP contribution in [0.5, 0.6) is 17.2 Å². The molecular formula is C18H16CuN2O3. The Morgan fingerprint density at radius 3 is 2.46 bits per heavy atom. The van der Waals surface area contributed by atoms with Gasteiger partial charge in [0.25, 0.3) is 0 Å². The van der Waals surface area contributed by atoms with Crippen LogP contribution in [-0.2, 0) is 17.1 Å². The summed E-state index contributed by atoms with van der Waals surface area (Å²) >= 11 is 0. The number of ether oxygens (including phenoxy) is 1. The molecule has 3 aromatic rings. The Morgan fingerprint density at radius 1 is 0.958 bits per heavy atom. The second-order valence-electron chi connectivity index (χ2n) is 5.17. The normalized spacial score (nSPS) is 10.8. The van der Waals surface area contributed by atoms with Crippen molar-refractivity contribution in [2.24, 2.45) is 10.2 Å². The molecule has 0 aliphatic heterocycles. The van der Waals surface area contributed by atoms with Crippen LogP contribution in [0.2, 0.25) is 0 Å². The van der Waals surface area contributed by atoms with Crippen LogP contribution < -0.4 is 4.74 Å². The number of rotatable bonds is 3. The number of hydrogen-bond acceptors (Lipinski definition) is 5. The van der Waals surface area contributed by atoms with Crippen molar-refractivity contribution in [1.82, 2.24) is 0 Å². The average Bonchev–Trinajstić information content (AvgIpc) is 2.56. The maximum absolute atomic E-state index is 10.4. The number of azo groups is 1. The number of hydrogen-bond donors (Lipinski definition) is 2. The Balaban J connectivity index is 0.00000208. The smallest absolute Gasteiger partial charge is 0.151 e. The van der Waals surface area contributed by atoms with Crippen LogP contribution in [0.25, 0.3) is 10.8 Å². The van der Waals surface area contributed by atoms with E-state index >= 15 is 0 Å². The Bertz CT molecular complexity index is 910. The number of nitrogens with zero attached hydrogens (tertiary/aromatic N) is 2. The minimum atomic E-state index is -0.00696. The van der Waals surface area contributed by atoms with E-state index in [9.17, 15) is 10.2 Å². The van der Waals surface area contributed by atoms with Gasteiger partial charge in [0.05, 0.1) is 7.11 Å². The van der Waals surface area contributed by atoms with Crippen molar-refractivity contribution in [3.05, 3.63) is 54.1 Å². The molecular weight excluding hydrogens is 356 g/mol. The SMILES string of the molecule is COc1ccc(O)c(N=Nc2c(C)cc3ccccc3c2O)c1.[Cu]. The van der Waals surface area contributed by atoms with E-state index in [1.165, 1.54) is 13.2 Å². The predicted octanol–water partition coefficient (Wildman–Crippen LogP) is 4.98. The Hall–Kier alpha value is -2.56. The van der Waals surface area contributed by atoms with Crippen molar-refractivity contribution in [1.29, 1.82) is 0 Å². The molecule has 0 aromatic heterocycles. The molecule has 24 heavy (non-hydrogen) atoms. The minimum Gasteiger partial charge on any atom is -0.506 e. The maximum atomic E-state index is 10.4. The van der Waals surface area contributed by atoms with Crippen molar-refractivity contribution in [2.45, 2.75) is 6.92 Å². The molecule has 2 N–H and O–H groups in total. The first-order valence-corrected chi connectivity index (χ1v) is 7.10. The summed E-state index contributed by atoms with van der Waals surface area (Å²) in [5.41, 5.74) is 1.45. The topological polar surface area (TPSA) is 74.4 Å². The number of aryl methyl sites for hydroxylation is 1. The molecule has 0 heterocycles. The number of aromatic hydroxyl groups is 2. The summed E-state index contributed by atoms with van der Waals surface area (Å²) in [4.78, 5) is 0. The summed E-state index contributed by atoms with van der Waals surface area (Å²) in [5.74, 6) is 0.635. The van der Waals surface area contributed by atoms with Crippen LogP contribution in [0.15, 0.2) is 58.8 Å². The molecule has 1 radical (unpaired) electrons. The molecule has 0 spiro atoms. The van der Waals surface area contributed by atoms with Gasteiger partial charge in [-0.1, -0.05) is 24.3 Å². The standard InChI is InChI=1S/C18H16N2O3.Cu/c1-11-9-12-5-3-4-6-14(12)18(22)17(11)20-19-15-10-13(23-2)7-8-16(15)21;/h3-10,21-22H,1-2H3;. The van der Waals surface area contributed by atoms with Crippen molar-refractivity contribution in [2.75, 3.05) is 7.11 Å². The van der Waals surface area contributed by atoms with Crippen molar-refractivity contribution in [3.63, 3.8) is 0 Å². The summed E-state index contributed by atoms with van der Waals surface area (Å²) in [5, 5.41) is 30.1. The summed E-state index contributed by atoms with van der Waals surface area (Å²) in [6.45, 7) is 1.85. The maximum Gasteiger partial charge on any atom is 0.151 e. The Morgan fingerprint density at radius 2 is 1.71 bits per heavy atom. The number of fused-ring (bicyclic) bond motifs is 1. The van der Waals surface area contributed by atoms with Crippen molar-refractivity contribution >= 4 is 22.1 Å². The number of phenolic OH excluding ortho intramolecular Hbond substituents is 2. The number of benzene rings is 3. The summed E-state index contributed by atoms with van der Waals surface area (Å²) in [7, 11) is 1.53. The van der Waals surface area contributed by atoms with Crippen LogP contribution in [-0.4, -0.2) is 17.3 Å². The van der Waals surface area contributed by atoms with E-state index in [4.69, 9.17) is 4.74 Å². The Kier molecular flexibility index (Phi) is 5.44. The van der Waals surface area contributed by atoms with Gasteiger partial charge in [-0.15, -0.1) is 10.2 Å². The first kappa shape index (κ1) is 17.8. The van der Waals surface area contributed by atoms with E-state index in [2.05, 4.69) is 10.2 Å². The van der Waals surface area contributed by atoms with E-state index in [0.717, 1.165) is 10.9 Å². The molecule has 3 aromatic carbocycles. The van der Waals surface area contributed by atoms with Gasteiger partial charge in [-0.2, -0.15) is 0 Å². The third-order valence-corrected chi connectivity index (χ3v) is 3.63. The quantitative estimate of drug-likeness (QED) is 0.503. The van der Waals surface area contributed by atoms with Crippen LogP contribution in [0.1, 0.15) is 5.56 Å². The number of methoxy groups -OCH3 is 1. The third-order valence-electron chi connectivity index (χ3n) is 3.63. The van der Waals surface area contributed by atoms with Crippen LogP contribution in [0.4, 0.5) is 11.4 Å².